The lowest BCUT2D eigenvalue weighted by Gasteiger charge is -2.34. The van der Waals surface area contributed by atoms with E-state index in [0.29, 0.717) is 12.0 Å². The molecule has 0 aromatic carbocycles. The van der Waals surface area contributed by atoms with Gasteiger partial charge in [-0.05, 0) is 27.7 Å². The molecule has 1 aromatic heterocycles. The van der Waals surface area contributed by atoms with Gasteiger partial charge in [0, 0.05) is 18.2 Å². The van der Waals surface area contributed by atoms with Crippen molar-refractivity contribution in [2.24, 2.45) is 0 Å². The zero-order valence-electron chi connectivity index (χ0n) is 15.2. The monoisotopic (exact) mass is 355 g/mol. The van der Waals surface area contributed by atoms with E-state index in [1.165, 1.54) is 4.57 Å². The van der Waals surface area contributed by atoms with Crippen molar-refractivity contribution in [3.63, 3.8) is 0 Å². The third-order valence-electron chi connectivity index (χ3n) is 4.21. The number of ether oxygens (including phenoxy) is 2. The molecule has 2 N–H and O–H groups in total. The van der Waals surface area contributed by atoms with Gasteiger partial charge in [0.25, 0.3) is 5.56 Å². The van der Waals surface area contributed by atoms with Gasteiger partial charge in [0.2, 0.25) is 0 Å². The van der Waals surface area contributed by atoms with Crippen LogP contribution in [0.15, 0.2) is 15.8 Å². The Kier molecular flexibility index (Phi) is 5.24. The number of aliphatic hydroxyl groups excluding tert-OH is 1. The highest BCUT2D eigenvalue weighted by Gasteiger charge is 2.52. The molecular weight excluding hydrogens is 328 g/mol. The van der Waals surface area contributed by atoms with Gasteiger partial charge in [-0.3, -0.25) is 14.3 Å². The Morgan fingerprint density at radius 2 is 2.08 bits per heavy atom. The highest BCUT2D eigenvalue weighted by molar-refractivity contribution is 6.58. The molecule has 1 aromatic rings. The van der Waals surface area contributed by atoms with Crippen LogP contribution in [-0.2, 0) is 14.8 Å². The molecular formula is C16H27N2O5Si. The van der Waals surface area contributed by atoms with Crippen LogP contribution < -0.4 is 11.2 Å². The molecule has 0 aliphatic carbocycles. The number of nitrogens with zero attached hydrogens (tertiary/aromatic N) is 1. The van der Waals surface area contributed by atoms with Crippen molar-refractivity contribution in [1.82, 2.24) is 9.55 Å². The molecule has 135 valence electrons. The van der Waals surface area contributed by atoms with Gasteiger partial charge in [0.05, 0.1) is 18.3 Å². The summed E-state index contributed by atoms with van der Waals surface area (Å²) in [5.74, 6) is 0. The average Bonchev–Trinajstić information content (AvgIpc) is 2.80. The normalized spacial score (nSPS) is 27.8. The first kappa shape index (κ1) is 19.1. The third kappa shape index (κ3) is 3.56. The summed E-state index contributed by atoms with van der Waals surface area (Å²) in [5, 5.41) is 8.85. The Morgan fingerprint density at radius 1 is 1.46 bits per heavy atom. The van der Waals surface area contributed by atoms with Crippen LogP contribution in [0.3, 0.4) is 0 Å². The standard InChI is InChI=1S/C16H27N2O5Si/c1-10-8-18(14(21)17-13(10)20)16(24(5)6)7-11(12(9-19)23-16)22-15(2,3)4/h8,11-12,19H,7,9H2,1-6H3,(H,17,20,21)/t11-,12+,16-/m0/s1. The van der Waals surface area contributed by atoms with Crippen LogP contribution in [0.2, 0.25) is 13.1 Å². The Bertz CT molecular complexity index is 706. The number of nitrogens with one attached hydrogen (secondary N) is 1. The van der Waals surface area contributed by atoms with Gasteiger partial charge in [-0.2, -0.15) is 0 Å². The molecule has 24 heavy (non-hydrogen) atoms. The first-order chi connectivity index (χ1) is 11.0. The first-order valence-electron chi connectivity index (χ1n) is 8.10. The van der Waals surface area contributed by atoms with E-state index in [1.807, 2.05) is 33.9 Å². The fourth-order valence-electron chi connectivity index (χ4n) is 3.06. The number of rotatable bonds is 4. The number of aryl methyl sites for hydroxylation is 1. The van der Waals surface area contributed by atoms with Crippen molar-refractivity contribution in [2.45, 2.75) is 70.4 Å². The minimum atomic E-state index is -1.18. The minimum absolute atomic E-state index is 0.186. The van der Waals surface area contributed by atoms with Crippen molar-refractivity contribution < 1.29 is 14.6 Å². The van der Waals surface area contributed by atoms with E-state index in [9.17, 15) is 14.7 Å². The van der Waals surface area contributed by atoms with E-state index < -0.39 is 37.1 Å². The molecule has 1 radical (unpaired) electrons. The molecule has 0 spiro atoms. The van der Waals surface area contributed by atoms with Crippen LogP contribution in [0.4, 0.5) is 0 Å². The number of aromatic amines is 1. The fraction of sp³-hybridized carbons (Fsp3) is 0.750. The smallest absolute Gasteiger partial charge is 0.330 e. The highest BCUT2D eigenvalue weighted by atomic mass is 28.3. The van der Waals surface area contributed by atoms with Crippen molar-refractivity contribution in [3.8, 4) is 0 Å². The predicted octanol–water partition coefficient (Wildman–Crippen LogP) is 0.756. The molecule has 0 unspecified atom stereocenters. The lowest BCUT2D eigenvalue weighted by atomic mass is 10.1. The highest BCUT2D eigenvalue weighted by Crippen LogP contribution is 2.39. The van der Waals surface area contributed by atoms with Crippen LogP contribution in [0.1, 0.15) is 32.8 Å². The zero-order valence-corrected chi connectivity index (χ0v) is 16.2. The summed E-state index contributed by atoms with van der Waals surface area (Å²) in [6, 6.07) is 0. The lowest BCUT2D eigenvalue weighted by Crippen LogP contribution is -2.52. The third-order valence-corrected chi connectivity index (χ3v) is 6.34. The van der Waals surface area contributed by atoms with Crippen LogP contribution in [0.5, 0.6) is 0 Å². The van der Waals surface area contributed by atoms with E-state index in [0.717, 1.165) is 0 Å². The SMILES string of the molecule is Cc1cn([C@@]2([Si](C)C)C[C@H](OC(C)(C)C)[C@@H](CO)O2)c(=O)[nH]c1=O. The molecule has 0 amide bonds. The molecule has 1 aliphatic heterocycles. The van der Waals surface area contributed by atoms with Gasteiger partial charge >= 0.3 is 5.69 Å². The second-order valence-corrected chi connectivity index (χ2v) is 10.3. The topological polar surface area (TPSA) is 93.6 Å². The molecule has 1 aliphatic rings. The summed E-state index contributed by atoms with van der Waals surface area (Å²) >= 11 is 0. The van der Waals surface area contributed by atoms with Gasteiger partial charge in [0.1, 0.15) is 20.2 Å². The fourth-order valence-corrected chi connectivity index (χ4v) is 4.70. The maximum atomic E-state index is 12.4. The van der Waals surface area contributed by atoms with Crippen LogP contribution in [-0.4, -0.2) is 47.9 Å². The molecule has 0 saturated carbocycles. The number of hydrogen-bond donors (Lipinski definition) is 2. The molecule has 2 heterocycles. The summed E-state index contributed by atoms with van der Waals surface area (Å²) < 4.78 is 13.7. The molecule has 7 nitrogen and oxygen atoms in total. The first-order valence-corrected chi connectivity index (χ1v) is 10.6. The molecule has 8 heteroatoms. The second-order valence-electron chi connectivity index (χ2n) is 7.54. The zero-order chi connectivity index (χ0) is 18.3. The van der Waals surface area contributed by atoms with Crippen molar-refractivity contribution in [3.05, 3.63) is 32.6 Å². The van der Waals surface area contributed by atoms with Gasteiger partial charge in [-0.1, -0.05) is 13.1 Å². The maximum Gasteiger partial charge on any atom is 0.330 e. The van der Waals surface area contributed by atoms with E-state index in [1.54, 1.807) is 13.1 Å². The lowest BCUT2D eigenvalue weighted by molar-refractivity contribution is -0.113. The Labute approximate surface area is 143 Å². The van der Waals surface area contributed by atoms with Crippen LogP contribution >= 0.6 is 0 Å². The van der Waals surface area contributed by atoms with Gasteiger partial charge in [-0.15, -0.1) is 0 Å². The Hall–Kier alpha value is -1.22. The molecule has 3 atom stereocenters. The summed E-state index contributed by atoms with van der Waals surface area (Å²) in [5.41, 5.74) is -0.837. The number of aromatic nitrogens is 2. The van der Waals surface area contributed by atoms with Crippen LogP contribution in [0.25, 0.3) is 0 Å². The van der Waals surface area contributed by atoms with Gasteiger partial charge < -0.3 is 14.6 Å². The predicted molar refractivity (Wildman–Crippen MR) is 92.7 cm³/mol. The Morgan fingerprint density at radius 3 is 2.58 bits per heavy atom. The number of hydrogen-bond acceptors (Lipinski definition) is 5. The largest absolute Gasteiger partial charge is 0.394 e. The van der Waals surface area contributed by atoms with Crippen molar-refractivity contribution in [2.75, 3.05) is 6.61 Å². The van der Waals surface area contributed by atoms with Crippen LogP contribution in [0, 0.1) is 6.92 Å². The number of aliphatic hydroxyl groups is 1. The average molecular weight is 355 g/mol. The molecule has 2 rings (SSSR count). The van der Waals surface area contributed by atoms with Gasteiger partial charge in [-0.25, -0.2) is 4.79 Å². The minimum Gasteiger partial charge on any atom is -0.394 e. The van der Waals surface area contributed by atoms with E-state index in [2.05, 4.69) is 4.98 Å². The summed E-state index contributed by atoms with van der Waals surface area (Å²) in [4.78, 5) is 26.4. The van der Waals surface area contributed by atoms with Gasteiger partial charge in [0.15, 0.2) is 0 Å². The second kappa shape index (κ2) is 6.59. The quantitative estimate of drug-likeness (QED) is 0.778. The summed E-state index contributed by atoms with van der Waals surface area (Å²) in [7, 11) is -1.18. The van der Waals surface area contributed by atoms with Crippen molar-refractivity contribution >= 4 is 8.80 Å². The van der Waals surface area contributed by atoms with E-state index >= 15 is 0 Å². The summed E-state index contributed by atoms with van der Waals surface area (Å²) in [6.07, 6.45) is 1.17. The Balaban J connectivity index is 2.52. The summed E-state index contributed by atoms with van der Waals surface area (Å²) in [6.45, 7) is 11.4. The molecule has 0 bridgehead atoms. The number of H-pyrrole nitrogens is 1. The van der Waals surface area contributed by atoms with Crippen molar-refractivity contribution in [1.29, 1.82) is 0 Å². The van der Waals surface area contributed by atoms with E-state index in [-0.39, 0.29) is 12.7 Å². The molecule has 1 fully saturated rings. The maximum absolute atomic E-state index is 12.4. The molecule has 1 saturated heterocycles. The van der Waals surface area contributed by atoms with E-state index in [4.69, 9.17) is 9.47 Å².